The minimum Gasteiger partial charge on any atom is -0.478 e. The molecule has 0 amide bonds. The van der Waals surface area contributed by atoms with E-state index in [1.165, 1.54) is 4.31 Å². The van der Waals surface area contributed by atoms with Crippen LogP contribution in [0.15, 0.2) is 18.2 Å². The minimum absolute atomic E-state index is 0.0603. The SMILES string of the molecule is CC(C)Cc1c(OCC#N)cccc1N(C)S(=O)(=O)C(C)C. The second-order valence-electron chi connectivity index (χ2n) is 5.86. The molecule has 0 saturated carbocycles. The van der Waals surface area contributed by atoms with Crippen molar-refractivity contribution in [3.05, 3.63) is 23.8 Å². The Morgan fingerprint density at radius 1 is 1.27 bits per heavy atom. The first-order chi connectivity index (χ1) is 10.2. The van der Waals surface area contributed by atoms with Gasteiger partial charge in [-0.15, -0.1) is 0 Å². The van der Waals surface area contributed by atoms with Crippen LogP contribution in [0.2, 0.25) is 0 Å². The number of nitriles is 1. The van der Waals surface area contributed by atoms with Gasteiger partial charge >= 0.3 is 0 Å². The molecule has 0 heterocycles. The topological polar surface area (TPSA) is 70.4 Å². The molecule has 6 heteroatoms. The van der Waals surface area contributed by atoms with Crippen LogP contribution in [-0.4, -0.2) is 27.3 Å². The zero-order valence-corrected chi connectivity index (χ0v) is 14.6. The molecule has 0 bridgehead atoms. The van der Waals surface area contributed by atoms with Gasteiger partial charge in [0, 0.05) is 12.6 Å². The van der Waals surface area contributed by atoms with E-state index in [0.717, 1.165) is 5.56 Å². The Morgan fingerprint density at radius 3 is 2.41 bits per heavy atom. The molecule has 0 aliphatic carbocycles. The van der Waals surface area contributed by atoms with Crippen molar-refractivity contribution < 1.29 is 13.2 Å². The second-order valence-corrected chi connectivity index (χ2v) is 8.38. The Labute approximate surface area is 133 Å². The van der Waals surface area contributed by atoms with Crippen molar-refractivity contribution in [1.29, 1.82) is 5.26 Å². The van der Waals surface area contributed by atoms with Crippen LogP contribution in [-0.2, 0) is 16.4 Å². The van der Waals surface area contributed by atoms with Gasteiger partial charge in [-0.1, -0.05) is 19.9 Å². The van der Waals surface area contributed by atoms with Crippen LogP contribution in [0.3, 0.4) is 0 Å². The number of nitrogens with zero attached hydrogens (tertiary/aromatic N) is 2. The fourth-order valence-electron chi connectivity index (χ4n) is 2.16. The molecule has 0 radical (unpaired) electrons. The number of anilines is 1. The number of ether oxygens (including phenoxy) is 1. The summed E-state index contributed by atoms with van der Waals surface area (Å²) < 4.78 is 31.6. The highest BCUT2D eigenvalue weighted by atomic mass is 32.2. The maximum absolute atomic E-state index is 12.4. The lowest BCUT2D eigenvalue weighted by molar-refractivity contribution is 0.362. The van der Waals surface area contributed by atoms with E-state index in [1.54, 1.807) is 39.1 Å². The minimum atomic E-state index is -3.41. The average molecular weight is 324 g/mol. The summed E-state index contributed by atoms with van der Waals surface area (Å²) in [5.41, 5.74) is 1.43. The molecular formula is C16H24N2O3S. The predicted molar refractivity (Wildman–Crippen MR) is 88.6 cm³/mol. The summed E-state index contributed by atoms with van der Waals surface area (Å²) in [4.78, 5) is 0. The van der Waals surface area contributed by atoms with Crippen LogP contribution in [0.25, 0.3) is 0 Å². The van der Waals surface area contributed by atoms with Crippen LogP contribution >= 0.6 is 0 Å². The quantitative estimate of drug-likeness (QED) is 0.773. The third kappa shape index (κ3) is 4.14. The maximum atomic E-state index is 12.4. The van der Waals surface area contributed by atoms with Crippen LogP contribution in [0.5, 0.6) is 5.75 Å². The molecule has 0 unspecified atom stereocenters. The van der Waals surface area contributed by atoms with Crippen molar-refractivity contribution >= 4 is 15.7 Å². The zero-order valence-electron chi connectivity index (χ0n) is 13.8. The molecule has 0 aromatic heterocycles. The second kappa shape index (κ2) is 7.50. The number of rotatable bonds is 7. The van der Waals surface area contributed by atoms with Gasteiger partial charge in [-0.3, -0.25) is 4.31 Å². The highest BCUT2D eigenvalue weighted by molar-refractivity contribution is 7.93. The standard InChI is InChI=1S/C16H24N2O3S/c1-12(2)11-14-15(18(5)22(19,20)13(3)4)7-6-8-16(14)21-10-9-17/h6-8,12-13H,10-11H2,1-5H3. The number of sulfonamides is 1. The molecule has 0 saturated heterocycles. The molecule has 0 atom stereocenters. The van der Waals surface area contributed by atoms with Gasteiger partial charge in [0.1, 0.15) is 11.8 Å². The van der Waals surface area contributed by atoms with Gasteiger partial charge in [-0.05, 0) is 38.3 Å². The molecule has 1 rings (SSSR count). The third-order valence-electron chi connectivity index (χ3n) is 3.33. The van der Waals surface area contributed by atoms with E-state index < -0.39 is 15.3 Å². The van der Waals surface area contributed by atoms with E-state index in [0.29, 0.717) is 23.8 Å². The predicted octanol–water partition coefficient (Wildman–Crippen LogP) is 2.96. The van der Waals surface area contributed by atoms with Crippen molar-refractivity contribution in [3.63, 3.8) is 0 Å². The first-order valence-electron chi connectivity index (χ1n) is 7.31. The first-order valence-corrected chi connectivity index (χ1v) is 8.81. The van der Waals surface area contributed by atoms with E-state index in [9.17, 15) is 8.42 Å². The van der Waals surface area contributed by atoms with Gasteiger partial charge in [0.05, 0.1) is 10.9 Å². The molecule has 1 aromatic rings. The Balaban J connectivity index is 3.37. The smallest absolute Gasteiger partial charge is 0.237 e. The Morgan fingerprint density at radius 2 is 1.91 bits per heavy atom. The summed E-state index contributed by atoms with van der Waals surface area (Å²) in [5.74, 6) is 0.902. The summed E-state index contributed by atoms with van der Waals surface area (Å²) in [7, 11) is -1.85. The molecule has 122 valence electrons. The van der Waals surface area contributed by atoms with Gasteiger partial charge in [-0.25, -0.2) is 8.42 Å². The molecule has 0 fully saturated rings. The van der Waals surface area contributed by atoms with Crippen molar-refractivity contribution in [2.24, 2.45) is 5.92 Å². The molecule has 5 nitrogen and oxygen atoms in total. The number of hydrogen-bond acceptors (Lipinski definition) is 4. The lowest BCUT2D eigenvalue weighted by Gasteiger charge is -2.26. The zero-order chi connectivity index (χ0) is 16.9. The summed E-state index contributed by atoms with van der Waals surface area (Å²) in [6.45, 7) is 7.37. The molecule has 0 N–H and O–H groups in total. The maximum Gasteiger partial charge on any atom is 0.237 e. The van der Waals surface area contributed by atoms with Gasteiger partial charge in [0.15, 0.2) is 6.61 Å². The van der Waals surface area contributed by atoms with Crippen LogP contribution in [0, 0.1) is 17.2 Å². The molecule has 0 aliphatic rings. The highest BCUT2D eigenvalue weighted by Crippen LogP contribution is 2.33. The van der Waals surface area contributed by atoms with E-state index >= 15 is 0 Å². The molecule has 1 aromatic carbocycles. The lowest BCUT2D eigenvalue weighted by atomic mass is 10.00. The molecule has 0 spiro atoms. The monoisotopic (exact) mass is 324 g/mol. The highest BCUT2D eigenvalue weighted by Gasteiger charge is 2.25. The fourth-order valence-corrected chi connectivity index (χ4v) is 3.24. The van der Waals surface area contributed by atoms with Crippen LogP contribution < -0.4 is 9.04 Å². The van der Waals surface area contributed by atoms with E-state index in [-0.39, 0.29) is 6.61 Å². The Hall–Kier alpha value is -1.74. The third-order valence-corrected chi connectivity index (χ3v) is 5.48. The summed E-state index contributed by atoms with van der Waals surface area (Å²) in [6.07, 6.45) is 0.675. The fraction of sp³-hybridized carbons (Fsp3) is 0.562. The van der Waals surface area contributed by atoms with Gasteiger partial charge in [0.25, 0.3) is 0 Å². The van der Waals surface area contributed by atoms with Gasteiger partial charge in [0.2, 0.25) is 10.0 Å². The normalized spacial score (nSPS) is 11.5. The van der Waals surface area contributed by atoms with Crippen molar-refractivity contribution in [1.82, 2.24) is 0 Å². The molecular weight excluding hydrogens is 300 g/mol. The van der Waals surface area contributed by atoms with Gasteiger partial charge in [-0.2, -0.15) is 5.26 Å². The van der Waals surface area contributed by atoms with Gasteiger partial charge < -0.3 is 4.74 Å². The lowest BCUT2D eigenvalue weighted by Crippen LogP contribution is -2.33. The number of hydrogen-bond donors (Lipinski definition) is 0. The van der Waals surface area contributed by atoms with Crippen molar-refractivity contribution in [2.75, 3.05) is 18.0 Å². The summed E-state index contributed by atoms with van der Waals surface area (Å²) in [5, 5.41) is 8.19. The average Bonchev–Trinajstić information content (AvgIpc) is 2.44. The van der Waals surface area contributed by atoms with E-state index in [4.69, 9.17) is 10.00 Å². The molecule has 0 aliphatic heterocycles. The summed E-state index contributed by atoms with van der Waals surface area (Å²) >= 11 is 0. The first kappa shape index (κ1) is 18.3. The van der Waals surface area contributed by atoms with E-state index in [2.05, 4.69) is 13.8 Å². The van der Waals surface area contributed by atoms with Crippen molar-refractivity contribution in [2.45, 2.75) is 39.4 Å². The van der Waals surface area contributed by atoms with Crippen LogP contribution in [0.4, 0.5) is 5.69 Å². The Bertz CT molecular complexity index is 646. The van der Waals surface area contributed by atoms with Crippen molar-refractivity contribution in [3.8, 4) is 11.8 Å². The van der Waals surface area contributed by atoms with E-state index in [1.807, 2.05) is 6.07 Å². The largest absolute Gasteiger partial charge is 0.478 e. The van der Waals surface area contributed by atoms with Crippen LogP contribution in [0.1, 0.15) is 33.3 Å². The summed E-state index contributed by atoms with van der Waals surface area (Å²) in [6, 6.07) is 7.23. The number of benzene rings is 1. The molecule has 22 heavy (non-hydrogen) atoms. The Kier molecular flexibility index (Phi) is 6.24.